The Morgan fingerprint density at radius 1 is 1.69 bits per heavy atom. The lowest BCUT2D eigenvalue weighted by Crippen LogP contribution is -2.40. The van der Waals surface area contributed by atoms with Crippen LogP contribution in [0.2, 0.25) is 5.02 Å². The first kappa shape index (κ1) is 12.5. The van der Waals surface area contributed by atoms with Crippen molar-refractivity contribution < 1.29 is 9.53 Å². The molecule has 0 bridgehead atoms. The molecule has 1 atom stereocenters. The minimum absolute atomic E-state index is 0.123. The number of nitrogens with two attached hydrogens (primary N) is 1. The van der Waals surface area contributed by atoms with Crippen LogP contribution in [-0.2, 0) is 16.1 Å². The standard InChI is InChI=1S/C8H10ClN3O4/c1-16-7(14)5(10)3-12-2-4(9)6(13)11-8(12)15/h2,5H,3,10H2,1H3,(H,11,13,15). The van der Waals surface area contributed by atoms with Crippen molar-refractivity contribution in [3.05, 3.63) is 32.1 Å². The lowest BCUT2D eigenvalue weighted by atomic mass is 10.3. The highest BCUT2D eigenvalue weighted by atomic mass is 35.5. The highest BCUT2D eigenvalue weighted by molar-refractivity contribution is 6.30. The Bertz CT molecular complexity index is 507. The molecule has 1 rings (SSSR count). The van der Waals surface area contributed by atoms with Crippen LogP contribution in [0.3, 0.4) is 0 Å². The van der Waals surface area contributed by atoms with E-state index in [1.54, 1.807) is 0 Å². The van der Waals surface area contributed by atoms with E-state index in [2.05, 4.69) is 4.74 Å². The fraction of sp³-hybridized carbons (Fsp3) is 0.375. The summed E-state index contributed by atoms with van der Waals surface area (Å²) >= 11 is 5.52. The molecule has 0 spiro atoms. The van der Waals surface area contributed by atoms with Gasteiger partial charge in [-0.1, -0.05) is 11.6 Å². The number of esters is 1. The van der Waals surface area contributed by atoms with Crippen LogP contribution < -0.4 is 17.0 Å². The third-order valence-electron chi connectivity index (χ3n) is 1.86. The number of carbonyl (C=O) groups is 1. The van der Waals surface area contributed by atoms with E-state index >= 15 is 0 Å². The molecule has 0 radical (unpaired) electrons. The Morgan fingerprint density at radius 2 is 2.31 bits per heavy atom. The van der Waals surface area contributed by atoms with Crippen LogP contribution in [-0.4, -0.2) is 28.7 Å². The summed E-state index contributed by atoms with van der Waals surface area (Å²) in [6.45, 7) is -0.123. The molecule has 1 heterocycles. The van der Waals surface area contributed by atoms with Gasteiger partial charge in [0, 0.05) is 6.20 Å². The van der Waals surface area contributed by atoms with Crippen LogP contribution in [0.15, 0.2) is 15.8 Å². The van der Waals surface area contributed by atoms with Gasteiger partial charge in [-0.3, -0.25) is 19.1 Å². The van der Waals surface area contributed by atoms with Gasteiger partial charge < -0.3 is 10.5 Å². The Labute approximate surface area is 94.8 Å². The molecule has 0 fully saturated rings. The third kappa shape index (κ3) is 2.71. The number of nitrogens with one attached hydrogen (secondary N) is 1. The average molecular weight is 248 g/mol. The van der Waals surface area contributed by atoms with E-state index in [9.17, 15) is 14.4 Å². The molecular weight excluding hydrogens is 238 g/mol. The number of aromatic nitrogens is 2. The van der Waals surface area contributed by atoms with Gasteiger partial charge in [-0.25, -0.2) is 4.79 Å². The summed E-state index contributed by atoms with van der Waals surface area (Å²) in [5, 5.41) is -0.156. The fourth-order valence-electron chi connectivity index (χ4n) is 1.06. The summed E-state index contributed by atoms with van der Waals surface area (Å²) < 4.78 is 5.43. The average Bonchev–Trinajstić information content (AvgIpc) is 2.24. The molecule has 0 amide bonds. The molecule has 0 saturated carbocycles. The molecular formula is C8H10ClN3O4. The summed E-state index contributed by atoms with van der Waals surface area (Å²) in [6, 6.07) is -0.996. The van der Waals surface area contributed by atoms with Crippen molar-refractivity contribution in [1.82, 2.24) is 9.55 Å². The normalized spacial score (nSPS) is 12.2. The second-order valence-electron chi connectivity index (χ2n) is 3.02. The van der Waals surface area contributed by atoms with E-state index in [1.165, 1.54) is 7.11 Å². The van der Waals surface area contributed by atoms with Gasteiger partial charge in [-0.05, 0) is 0 Å². The highest BCUT2D eigenvalue weighted by Gasteiger charge is 2.15. The van der Waals surface area contributed by atoms with Gasteiger partial charge in [0.25, 0.3) is 5.56 Å². The van der Waals surface area contributed by atoms with Crippen molar-refractivity contribution in [2.75, 3.05) is 7.11 Å². The number of ether oxygens (including phenoxy) is 1. The van der Waals surface area contributed by atoms with Crippen LogP contribution in [0.5, 0.6) is 0 Å². The van der Waals surface area contributed by atoms with Gasteiger partial charge in [0.05, 0.1) is 13.7 Å². The van der Waals surface area contributed by atoms with Gasteiger partial charge >= 0.3 is 11.7 Å². The molecule has 0 aliphatic carbocycles. The zero-order chi connectivity index (χ0) is 12.3. The molecule has 8 heteroatoms. The maximum Gasteiger partial charge on any atom is 0.328 e. The minimum Gasteiger partial charge on any atom is -0.468 e. The predicted molar refractivity (Wildman–Crippen MR) is 56.3 cm³/mol. The zero-order valence-electron chi connectivity index (χ0n) is 8.40. The summed E-state index contributed by atoms with van der Waals surface area (Å²) in [4.78, 5) is 35.2. The Hall–Kier alpha value is -1.60. The van der Waals surface area contributed by atoms with E-state index in [0.29, 0.717) is 0 Å². The summed E-state index contributed by atoms with van der Waals surface area (Å²) in [7, 11) is 1.19. The lowest BCUT2D eigenvalue weighted by Gasteiger charge is -2.10. The van der Waals surface area contributed by atoms with Gasteiger partial charge in [0.2, 0.25) is 0 Å². The first-order chi connectivity index (χ1) is 7.45. The van der Waals surface area contributed by atoms with Gasteiger partial charge in [-0.2, -0.15) is 0 Å². The molecule has 88 valence electrons. The van der Waals surface area contributed by atoms with Crippen molar-refractivity contribution in [3.8, 4) is 0 Å². The summed E-state index contributed by atoms with van der Waals surface area (Å²) in [5.41, 5.74) is 4.08. The molecule has 7 nitrogen and oxygen atoms in total. The van der Waals surface area contributed by atoms with E-state index in [1.807, 2.05) is 4.98 Å². The van der Waals surface area contributed by atoms with Crippen molar-refractivity contribution >= 4 is 17.6 Å². The Balaban J connectivity index is 2.98. The van der Waals surface area contributed by atoms with Gasteiger partial charge in [0.1, 0.15) is 11.1 Å². The smallest absolute Gasteiger partial charge is 0.328 e. The molecule has 0 aliphatic heterocycles. The third-order valence-corrected chi connectivity index (χ3v) is 2.13. The second kappa shape index (κ2) is 4.95. The monoisotopic (exact) mass is 247 g/mol. The molecule has 0 aliphatic rings. The Kier molecular flexibility index (Phi) is 3.86. The van der Waals surface area contributed by atoms with Crippen molar-refractivity contribution in [2.24, 2.45) is 5.73 Å². The first-order valence-corrected chi connectivity index (χ1v) is 4.66. The first-order valence-electron chi connectivity index (χ1n) is 4.28. The number of nitrogens with zero attached hydrogens (tertiary/aromatic N) is 1. The minimum atomic E-state index is -0.996. The predicted octanol–water partition coefficient (Wildman–Crippen LogP) is -1.31. The van der Waals surface area contributed by atoms with Crippen molar-refractivity contribution in [2.45, 2.75) is 12.6 Å². The number of H-pyrrole nitrogens is 1. The van der Waals surface area contributed by atoms with Gasteiger partial charge in [0.15, 0.2) is 0 Å². The number of aromatic amines is 1. The molecule has 0 aromatic carbocycles. The van der Waals surface area contributed by atoms with Crippen LogP contribution in [0.25, 0.3) is 0 Å². The van der Waals surface area contributed by atoms with Crippen LogP contribution in [0.4, 0.5) is 0 Å². The highest BCUT2D eigenvalue weighted by Crippen LogP contribution is 1.97. The maximum absolute atomic E-state index is 11.3. The SMILES string of the molecule is COC(=O)C(N)Cn1cc(Cl)c(=O)[nH]c1=O. The molecule has 1 aromatic rings. The Morgan fingerprint density at radius 3 is 2.88 bits per heavy atom. The number of hydrogen-bond acceptors (Lipinski definition) is 5. The van der Waals surface area contributed by atoms with Gasteiger partial charge in [-0.15, -0.1) is 0 Å². The second-order valence-corrected chi connectivity index (χ2v) is 3.43. The van der Waals surface area contributed by atoms with Crippen molar-refractivity contribution in [1.29, 1.82) is 0 Å². The number of hydrogen-bond donors (Lipinski definition) is 2. The number of methoxy groups -OCH3 is 1. The number of carbonyl (C=O) groups excluding carboxylic acids is 1. The summed E-state index contributed by atoms with van der Waals surface area (Å²) in [5.74, 6) is -0.658. The molecule has 1 aromatic heterocycles. The zero-order valence-corrected chi connectivity index (χ0v) is 9.15. The molecule has 16 heavy (non-hydrogen) atoms. The molecule has 0 saturated heterocycles. The number of rotatable bonds is 3. The van der Waals surface area contributed by atoms with E-state index in [-0.39, 0.29) is 11.6 Å². The molecule has 1 unspecified atom stereocenters. The fourth-order valence-corrected chi connectivity index (χ4v) is 1.22. The van der Waals surface area contributed by atoms with E-state index in [0.717, 1.165) is 10.8 Å². The maximum atomic E-state index is 11.3. The molecule has 3 N–H and O–H groups in total. The van der Waals surface area contributed by atoms with E-state index in [4.69, 9.17) is 17.3 Å². The van der Waals surface area contributed by atoms with Crippen LogP contribution in [0, 0.1) is 0 Å². The van der Waals surface area contributed by atoms with Crippen molar-refractivity contribution in [3.63, 3.8) is 0 Å². The quantitative estimate of drug-likeness (QED) is 0.645. The topological polar surface area (TPSA) is 107 Å². The summed E-state index contributed by atoms with van der Waals surface area (Å²) in [6.07, 6.45) is 1.12. The van der Waals surface area contributed by atoms with Crippen LogP contribution in [0.1, 0.15) is 0 Å². The number of halogens is 1. The van der Waals surface area contributed by atoms with Crippen LogP contribution >= 0.6 is 11.6 Å². The van der Waals surface area contributed by atoms with E-state index < -0.39 is 23.3 Å². The largest absolute Gasteiger partial charge is 0.468 e. The lowest BCUT2D eigenvalue weighted by molar-refractivity contribution is -0.142.